The van der Waals surface area contributed by atoms with Gasteiger partial charge in [-0.05, 0) is 37.6 Å². The largest absolute Gasteiger partial charge is 0.362 e. The molecule has 0 aliphatic carbocycles. The Morgan fingerprint density at radius 2 is 2.00 bits per heavy atom. The van der Waals surface area contributed by atoms with Crippen molar-refractivity contribution < 1.29 is 0 Å². The van der Waals surface area contributed by atoms with Crippen LogP contribution in [0.4, 0.5) is 5.82 Å². The van der Waals surface area contributed by atoms with Gasteiger partial charge in [0, 0.05) is 44.7 Å². The highest BCUT2D eigenvalue weighted by Crippen LogP contribution is 2.32. The normalized spacial score (nSPS) is 17.2. The van der Waals surface area contributed by atoms with Crippen molar-refractivity contribution in [3.8, 4) is 11.5 Å². The number of rotatable bonds is 5. The quantitative estimate of drug-likeness (QED) is 0.722. The van der Waals surface area contributed by atoms with E-state index in [1.54, 1.807) is 12.3 Å². The molecule has 150 valence electrons. The number of aromatic nitrogens is 4. The molecule has 4 rings (SSSR count). The summed E-state index contributed by atoms with van der Waals surface area (Å²) in [6.45, 7) is 1.75. The van der Waals surface area contributed by atoms with Crippen LogP contribution in [0.25, 0.3) is 11.5 Å². The van der Waals surface area contributed by atoms with Gasteiger partial charge in [-0.3, -0.25) is 14.7 Å². The van der Waals surface area contributed by atoms with Crippen molar-refractivity contribution in [1.29, 1.82) is 0 Å². The summed E-state index contributed by atoms with van der Waals surface area (Å²) in [5.74, 6) is 1.50. The van der Waals surface area contributed by atoms with E-state index in [0.29, 0.717) is 11.5 Å². The molecule has 1 aliphatic rings. The molecule has 0 bridgehead atoms. The van der Waals surface area contributed by atoms with E-state index in [1.807, 2.05) is 49.5 Å². The summed E-state index contributed by atoms with van der Waals surface area (Å²) >= 11 is 0. The van der Waals surface area contributed by atoms with Crippen molar-refractivity contribution >= 4 is 5.82 Å². The van der Waals surface area contributed by atoms with Crippen LogP contribution in [0.2, 0.25) is 0 Å². The molecule has 1 atom stereocenters. The number of H-pyrrole nitrogens is 1. The van der Waals surface area contributed by atoms with Crippen molar-refractivity contribution in [2.75, 3.05) is 25.5 Å². The molecule has 0 aromatic carbocycles. The van der Waals surface area contributed by atoms with Gasteiger partial charge in [-0.2, -0.15) is 0 Å². The fraction of sp³-hybridized carbons (Fsp3) is 0.364. The van der Waals surface area contributed by atoms with E-state index in [0.717, 1.165) is 43.9 Å². The van der Waals surface area contributed by atoms with Gasteiger partial charge >= 0.3 is 0 Å². The topological polar surface area (TPSA) is 78.0 Å². The van der Waals surface area contributed by atoms with E-state index in [-0.39, 0.29) is 11.6 Å². The number of hydrogen-bond donors (Lipinski definition) is 1. The Kier molecular flexibility index (Phi) is 5.67. The smallest absolute Gasteiger partial charge is 0.251 e. The molecule has 1 fully saturated rings. The molecule has 1 N–H and O–H groups in total. The van der Waals surface area contributed by atoms with Crippen LogP contribution in [0.1, 0.15) is 36.6 Å². The third-order valence-electron chi connectivity index (χ3n) is 5.29. The maximum absolute atomic E-state index is 12.4. The van der Waals surface area contributed by atoms with Crippen LogP contribution in [0.3, 0.4) is 0 Å². The first-order valence-corrected chi connectivity index (χ1v) is 10.00. The van der Waals surface area contributed by atoms with Gasteiger partial charge in [-0.25, -0.2) is 9.97 Å². The SMILES string of the molecule is CN(C)c1ncccc1CN1CCCC[C@@H]1c1cc(=O)[nH]c(-c2ccccn2)n1. The maximum atomic E-state index is 12.4. The summed E-state index contributed by atoms with van der Waals surface area (Å²) in [6.07, 6.45) is 6.78. The van der Waals surface area contributed by atoms with Crippen molar-refractivity contribution in [2.24, 2.45) is 0 Å². The van der Waals surface area contributed by atoms with Gasteiger partial charge in [0.05, 0.1) is 11.7 Å². The van der Waals surface area contributed by atoms with Gasteiger partial charge in [0.25, 0.3) is 5.56 Å². The Hall–Kier alpha value is -3.06. The summed E-state index contributed by atoms with van der Waals surface area (Å²) < 4.78 is 0. The highest BCUT2D eigenvalue weighted by molar-refractivity contribution is 5.48. The summed E-state index contributed by atoms with van der Waals surface area (Å²) in [6, 6.07) is 11.4. The first kappa shape index (κ1) is 19.3. The van der Waals surface area contributed by atoms with Crippen LogP contribution >= 0.6 is 0 Å². The zero-order valence-electron chi connectivity index (χ0n) is 16.9. The molecule has 3 aromatic heterocycles. The monoisotopic (exact) mass is 390 g/mol. The van der Waals surface area contributed by atoms with Crippen molar-refractivity contribution in [3.63, 3.8) is 0 Å². The second-order valence-electron chi connectivity index (χ2n) is 7.60. The Morgan fingerprint density at radius 1 is 1.14 bits per heavy atom. The predicted molar refractivity (Wildman–Crippen MR) is 114 cm³/mol. The van der Waals surface area contributed by atoms with Gasteiger partial charge in [-0.1, -0.05) is 18.6 Å². The Bertz CT molecular complexity index is 1020. The molecule has 4 heterocycles. The molecule has 1 aliphatic heterocycles. The Balaban J connectivity index is 1.67. The molecule has 0 unspecified atom stereocenters. The molecule has 0 amide bonds. The standard InChI is InChI=1S/C22H26N6O/c1-27(2)22-16(8-7-12-24-22)15-28-13-6-4-10-19(28)18-14-20(29)26-21(25-18)17-9-3-5-11-23-17/h3,5,7-9,11-12,14,19H,4,6,10,13,15H2,1-2H3,(H,25,26,29)/t19-/m1/s1. The van der Waals surface area contributed by atoms with Crippen molar-refractivity contribution in [2.45, 2.75) is 31.8 Å². The number of pyridine rings is 2. The van der Waals surface area contributed by atoms with Gasteiger partial charge in [0.1, 0.15) is 11.5 Å². The average molecular weight is 390 g/mol. The second-order valence-corrected chi connectivity index (χ2v) is 7.60. The van der Waals surface area contributed by atoms with E-state index < -0.39 is 0 Å². The lowest BCUT2D eigenvalue weighted by Crippen LogP contribution is -2.34. The molecule has 7 heteroatoms. The van der Waals surface area contributed by atoms with Crippen LogP contribution in [0.5, 0.6) is 0 Å². The van der Waals surface area contributed by atoms with Crippen LogP contribution < -0.4 is 10.5 Å². The molecule has 0 radical (unpaired) electrons. The second kappa shape index (κ2) is 8.53. The first-order chi connectivity index (χ1) is 14.1. The van der Waals surface area contributed by atoms with Crippen LogP contribution in [0.15, 0.2) is 53.6 Å². The number of hydrogen-bond acceptors (Lipinski definition) is 6. The zero-order chi connectivity index (χ0) is 20.2. The highest BCUT2D eigenvalue weighted by Gasteiger charge is 2.27. The lowest BCUT2D eigenvalue weighted by molar-refractivity contribution is 0.137. The average Bonchev–Trinajstić information content (AvgIpc) is 2.74. The number of nitrogens with one attached hydrogen (secondary N) is 1. The number of likely N-dealkylation sites (tertiary alicyclic amines) is 1. The third kappa shape index (κ3) is 4.35. The predicted octanol–water partition coefficient (Wildman–Crippen LogP) is 3.02. The van der Waals surface area contributed by atoms with E-state index in [1.165, 1.54) is 5.56 Å². The Labute approximate surface area is 170 Å². The minimum atomic E-state index is -0.142. The fourth-order valence-electron chi connectivity index (χ4n) is 3.96. The summed E-state index contributed by atoms with van der Waals surface area (Å²) in [7, 11) is 4.02. The molecular formula is C22H26N6O. The molecule has 3 aromatic rings. The molecule has 1 saturated heterocycles. The van der Waals surface area contributed by atoms with E-state index in [9.17, 15) is 4.79 Å². The van der Waals surface area contributed by atoms with Crippen LogP contribution in [0, 0.1) is 0 Å². The summed E-state index contributed by atoms with van der Waals surface area (Å²) in [4.78, 5) is 33.3. The number of anilines is 1. The number of aromatic amines is 1. The van der Waals surface area contributed by atoms with Crippen molar-refractivity contribution in [3.05, 3.63) is 70.4 Å². The molecule has 0 spiro atoms. The van der Waals surface area contributed by atoms with E-state index >= 15 is 0 Å². The van der Waals surface area contributed by atoms with E-state index in [2.05, 4.69) is 25.9 Å². The van der Waals surface area contributed by atoms with Crippen molar-refractivity contribution in [1.82, 2.24) is 24.8 Å². The van der Waals surface area contributed by atoms with Gasteiger partial charge in [0.2, 0.25) is 0 Å². The molecule has 0 saturated carbocycles. The molecular weight excluding hydrogens is 364 g/mol. The summed E-state index contributed by atoms with van der Waals surface area (Å²) in [5.41, 5.74) is 2.52. The fourth-order valence-corrected chi connectivity index (χ4v) is 3.96. The minimum absolute atomic E-state index is 0.101. The number of piperidine rings is 1. The third-order valence-corrected chi connectivity index (χ3v) is 5.29. The lowest BCUT2D eigenvalue weighted by atomic mass is 9.98. The Morgan fingerprint density at radius 3 is 2.79 bits per heavy atom. The number of nitrogens with zero attached hydrogens (tertiary/aromatic N) is 5. The highest BCUT2D eigenvalue weighted by atomic mass is 16.1. The minimum Gasteiger partial charge on any atom is -0.362 e. The maximum Gasteiger partial charge on any atom is 0.251 e. The lowest BCUT2D eigenvalue weighted by Gasteiger charge is -2.36. The van der Waals surface area contributed by atoms with Gasteiger partial charge in [-0.15, -0.1) is 0 Å². The van der Waals surface area contributed by atoms with Gasteiger partial charge in [0.15, 0.2) is 5.82 Å². The van der Waals surface area contributed by atoms with Crippen LogP contribution in [-0.2, 0) is 6.54 Å². The zero-order valence-corrected chi connectivity index (χ0v) is 16.9. The van der Waals surface area contributed by atoms with Crippen LogP contribution in [-0.4, -0.2) is 45.5 Å². The van der Waals surface area contributed by atoms with E-state index in [4.69, 9.17) is 4.98 Å². The molecule has 7 nitrogen and oxygen atoms in total. The molecule has 29 heavy (non-hydrogen) atoms. The van der Waals surface area contributed by atoms with Gasteiger partial charge < -0.3 is 9.88 Å². The summed E-state index contributed by atoms with van der Waals surface area (Å²) in [5, 5.41) is 0. The first-order valence-electron chi connectivity index (χ1n) is 10.00.